The van der Waals surface area contributed by atoms with Gasteiger partial charge in [0.15, 0.2) is 11.5 Å². The summed E-state index contributed by atoms with van der Waals surface area (Å²) in [6.45, 7) is 15.3. The van der Waals surface area contributed by atoms with Crippen LogP contribution in [-0.2, 0) is 35.0 Å². The minimum absolute atomic E-state index is 0.0219. The molecular weight excluding hydrogens is 534 g/mol. The summed E-state index contributed by atoms with van der Waals surface area (Å²) in [5.41, 5.74) is 6.33. The molecule has 0 radical (unpaired) electrons. The molecule has 0 heterocycles. The summed E-state index contributed by atoms with van der Waals surface area (Å²) in [4.78, 5) is 49.0. The molecule has 2 N–H and O–H groups in total. The van der Waals surface area contributed by atoms with Gasteiger partial charge in [0.25, 0.3) is 0 Å². The molecule has 1 aromatic carbocycles. The van der Waals surface area contributed by atoms with E-state index in [1.165, 1.54) is 12.1 Å². The van der Waals surface area contributed by atoms with Crippen LogP contribution in [0.2, 0.25) is 0 Å². The molecule has 0 saturated heterocycles. The fourth-order valence-electron chi connectivity index (χ4n) is 3.12. The molecule has 0 aliphatic rings. The van der Waals surface area contributed by atoms with Gasteiger partial charge in [-0.25, -0.2) is 9.59 Å². The predicted molar refractivity (Wildman–Crippen MR) is 152 cm³/mol. The molecule has 0 spiro atoms. The zero-order valence-electron chi connectivity index (χ0n) is 25.7. The maximum absolute atomic E-state index is 12.5. The van der Waals surface area contributed by atoms with Gasteiger partial charge in [-0.3, -0.25) is 9.59 Å². The van der Waals surface area contributed by atoms with Crippen LogP contribution in [0.3, 0.4) is 0 Å². The SMILES string of the molecule is CCC(C)COC(=O)Oc1ccc(C[C@H](N)C(=O)OC[C@H](C)OC(=O)CC(C)(C)C)cc1OC(=O)OCC(C)CC. The van der Waals surface area contributed by atoms with Gasteiger partial charge < -0.3 is 34.2 Å². The van der Waals surface area contributed by atoms with Crippen molar-refractivity contribution in [2.24, 2.45) is 23.0 Å². The van der Waals surface area contributed by atoms with Crippen molar-refractivity contribution in [2.75, 3.05) is 19.8 Å². The van der Waals surface area contributed by atoms with Crippen LogP contribution in [0.1, 0.15) is 80.2 Å². The Kier molecular flexibility index (Phi) is 15.2. The number of carbonyl (C=O) groups excluding carboxylic acids is 4. The Hall–Kier alpha value is -3.34. The van der Waals surface area contributed by atoms with Crippen molar-refractivity contribution in [3.8, 4) is 11.5 Å². The van der Waals surface area contributed by atoms with Gasteiger partial charge in [0.05, 0.1) is 19.6 Å². The highest BCUT2D eigenvalue weighted by Crippen LogP contribution is 2.30. The van der Waals surface area contributed by atoms with E-state index >= 15 is 0 Å². The van der Waals surface area contributed by atoms with Crippen LogP contribution in [0, 0.1) is 17.3 Å². The Balaban J connectivity index is 2.87. The Morgan fingerprint density at radius 2 is 1.34 bits per heavy atom. The van der Waals surface area contributed by atoms with E-state index in [2.05, 4.69) is 0 Å². The van der Waals surface area contributed by atoms with Gasteiger partial charge in [0, 0.05) is 0 Å². The van der Waals surface area contributed by atoms with Gasteiger partial charge in [0.2, 0.25) is 0 Å². The lowest BCUT2D eigenvalue weighted by atomic mass is 9.92. The van der Waals surface area contributed by atoms with Crippen LogP contribution in [0.15, 0.2) is 18.2 Å². The molecule has 232 valence electrons. The van der Waals surface area contributed by atoms with Gasteiger partial charge in [-0.05, 0) is 48.3 Å². The first-order valence-corrected chi connectivity index (χ1v) is 14.1. The molecular formula is C30H47NO10. The van der Waals surface area contributed by atoms with Crippen molar-refractivity contribution in [2.45, 2.75) is 93.2 Å². The molecule has 11 nitrogen and oxygen atoms in total. The molecule has 4 atom stereocenters. The Bertz CT molecular complexity index is 1000. The summed E-state index contributed by atoms with van der Waals surface area (Å²) in [5, 5.41) is 0. The average Bonchev–Trinajstić information content (AvgIpc) is 2.89. The maximum atomic E-state index is 12.5. The molecule has 1 rings (SSSR count). The topological polar surface area (TPSA) is 150 Å². The molecule has 1 aromatic rings. The van der Waals surface area contributed by atoms with Crippen molar-refractivity contribution in [1.82, 2.24) is 0 Å². The highest BCUT2D eigenvalue weighted by Gasteiger charge is 2.23. The highest BCUT2D eigenvalue weighted by atomic mass is 16.7. The number of carbonyl (C=O) groups is 4. The number of ether oxygens (including phenoxy) is 6. The number of hydrogen-bond donors (Lipinski definition) is 1. The van der Waals surface area contributed by atoms with E-state index in [9.17, 15) is 19.2 Å². The lowest BCUT2D eigenvalue weighted by Gasteiger charge is -2.20. The van der Waals surface area contributed by atoms with Gasteiger partial charge in [0.1, 0.15) is 18.8 Å². The van der Waals surface area contributed by atoms with Gasteiger partial charge in [-0.1, -0.05) is 67.4 Å². The second-order valence-corrected chi connectivity index (χ2v) is 11.6. The molecule has 41 heavy (non-hydrogen) atoms. The van der Waals surface area contributed by atoms with Crippen molar-refractivity contribution >= 4 is 24.2 Å². The van der Waals surface area contributed by atoms with Gasteiger partial charge in [-0.15, -0.1) is 0 Å². The molecule has 0 aromatic heterocycles. The third kappa shape index (κ3) is 15.3. The van der Waals surface area contributed by atoms with Gasteiger partial charge in [-0.2, -0.15) is 0 Å². The number of hydrogen-bond acceptors (Lipinski definition) is 11. The van der Waals surface area contributed by atoms with Crippen LogP contribution in [-0.4, -0.2) is 56.2 Å². The molecule has 2 unspecified atom stereocenters. The second-order valence-electron chi connectivity index (χ2n) is 11.6. The molecule has 0 bridgehead atoms. The number of nitrogens with two attached hydrogens (primary N) is 1. The summed E-state index contributed by atoms with van der Waals surface area (Å²) in [6.07, 6.45) is -0.677. The van der Waals surface area contributed by atoms with Crippen LogP contribution in [0.4, 0.5) is 9.59 Å². The Labute approximate surface area is 243 Å². The summed E-state index contributed by atoms with van der Waals surface area (Å²) in [5.74, 6) is -0.966. The Morgan fingerprint density at radius 3 is 1.85 bits per heavy atom. The van der Waals surface area contributed by atoms with E-state index < -0.39 is 30.4 Å². The zero-order valence-corrected chi connectivity index (χ0v) is 25.7. The van der Waals surface area contributed by atoms with Crippen LogP contribution in [0.25, 0.3) is 0 Å². The fourth-order valence-corrected chi connectivity index (χ4v) is 3.12. The zero-order chi connectivity index (χ0) is 31.2. The van der Waals surface area contributed by atoms with E-state index in [1.54, 1.807) is 13.0 Å². The van der Waals surface area contributed by atoms with E-state index in [0.29, 0.717) is 5.56 Å². The highest BCUT2D eigenvalue weighted by molar-refractivity contribution is 5.76. The molecule has 0 fully saturated rings. The average molecular weight is 582 g/mol. The smallest absolute Gasteiger partial charge is 0.461 e. The largest absolute Gasteiger partial charge is 0.513 e. The first-order valence-electron chi connectivity index (χ1n) is 14.1. The van der Waals surface area contributed by atoms with E-state index in [0.717, 1.165) is 12.8 Å². The minimum atomic E-state index is -1.06. The fraction of sp³-hybridized carbons (Fsp3) is 0.667. The van der Waals surface area contributed by atoms with Crippen molar-refractivity contribution in [3.63, 3.8) is 0 Å². The lowest BCUT2D eigenvalue weighted by Crippen LogP contribution is -2.36. The van der Waals surface area contributed by atoms with E-state index in [-0.39, 0.29) is 67.4 Å². The molecule has 0 amide bonds. The van der Waals surface area contributed by atoms with Crippen LogP contribution in [0.5, 0.6) is 11.5 Å². The summed E-state index contributed by atoms with van der Waals surface area (Å²) < 4.78 is 31.4. The third-order valence-electron chi connectivity index (χ3n) is 5.99. The van der Waals surface area contributed by atoms with Crippen LogP contribution >= 0.6 is 0 Å². The molecule has 0 saturated carbocycles. The number of esters is 2. The van der Waals surface area contributed by atoms with Crippen molar-refractivity contribution in [1.29, 1.82) is 0 Å². The first kappa shape index (κ1) is 35.7. The normalized spacial score (nSPS) is 14.2. The van der Waals surface area contributed by atoms with Gasteiger partial charge >= 0.3 is 24.2 Å². The van der Waals surface area contributed by atoms with Crippen LogP contribution < -0.4 is 15.2 Å². The second kappa shape index (κ2) is 17.5. The summed E-state index contributed by atoms with van der Waals surface area (Å²) in [6, 6.07) is 3.33. The maximum Gasteiger partial charge on any atom is 0.513 e. The standard InChI is InChI=1S/C30H47NO10/c1-9-19(3)16-37-28(34)40-24-12-11-22(14-25(24)41-29(35)38-17-20(4)10-2)13-23(31)27(33)36-18-21(5)39-26(32)15-30(6,7)8/h11-12,14,19-21,23H,9-10,13,15-18,31H2,1-8H3/t19?,20?,21-,23-/m0/s1. The lowest BCUT2D eigenvalue weighted by molar-refractivity contribution is -0.160. The third-order valence-corrected chi connectivity index (χ3v) is 5.99. The monoisotopic (exact) mass is 581 g/mol. The van der Waals surface area contributed by atoms with E-state index in [1.807, 2.05) is 48.5 Å². The quantitative estimate of drug-likeness (QED) is 0.157. The summed E-state index contributed by atoms with van der Waals surface area (Å²) in [7, 11) is 0. The van der Waals surface area contributed by atoms with Crippen molar-refractivity contribution < 1.29 is 47.6 Å². The Morgan fingerprint density at radius 1 is 0.805 bits per heavy atom. The first-order chi connectivity index (χ1) is 19.1. The number of rotatable bonds is 15. The summed E-state index contributed by atoms with van der Waals surface area (Å²) >= 11 is 0. The molecule has 0 aliphatic heterocycles. The molecule has 11 heteroatoms. The molecule has 0 aliphatic carbocycles. The van der Waals surface area contributed by atoms with Crippen molar-refractivity contribution in [3.05, 3.63) is 23.8 Å². The van der Waals surface area contributed by atoms with E-state index in [4.69, 9.17) is 34.2 Å². The predicted octanol–water partition coefficient (Wildman–Crippen LogP) is 5.59. The minimum Gasteiger partial charge on any atom is -0.461 e. The number of benzene rings is 1.